The van der Waals surface area contributed by atoms with E-state index in [1.54, 1.807) is 0 Å². The highest BCUT2D eigenvalue weighted by Crippen LogP contribution is 2.34. The molecule has 0 saturated carbocycles. The van der Waals surface area contributed by atoms with Crippen LogP contribution >= 0.6 is 8.58 Å². The molecule has 0 aliphatic heterocycles. The molecule has 0 aromatic carbocycles. The van der Waals surface area contributed by atoms with Gasteiger partial charge in [-0.05, 0) is 21.4 Å². The van der Waals surface area contributed by atoms with Gasteiger partial charge in [-0.25, -0.2) is 8.78 Å². The topological polar surface area (TPSA) is 0 Å². The van der Waals surface area contributed by atoms with Gasteiger partial charge in [-0.2, -0.15) is 0 Å². The summed E-state index contributed by atoms with van der Waals surface area (Å²) in [5.74, 6) is -1.90. The van der Waals surface area contributed by atoms with Crippen molar-refractivity contribution < 1.29 is 8.78 Å². The predicted molar refractivity (Wildman–Crippen MR) is 65.0 cm³/mol. The molecular formula is C12H24F2P. The van der Waals surface area contributed by atoms with Gasteiger partial charge in [0.05, 0.1) is 0 Å². The van der Waals surface area contributed by atoms with Crippen molar-refractivity contribution in [2.24, 2.45) is 0 Å². The first-order chi connectivity index (χ1) is 7.20. The van der Waals surface area contributed by atoms with Crippen LogP contribution in [0.2, 0.25) is 0 Å². The third kappa shape index (κ3) is 10.6. The minimum absolute atomic E-state index is 0.368. The summed E-state index contributed by atoms with van der Waals surface area (Å²) in [7, 11) is 0.368. The Morgan fingerprint density at radius 1 is 0.800 bits per heavy atom. The van der Waals surface area contributed by atoms with Gasteiger partial charge in [-0.3, -0.25) is 0 Å². The van der Waals surface area contributed by atoms with Gasteiger partial charge >= 0.3 is 0 Å². The Kier molecular flexibility index (Phi) is 11.0. The molecule has 2 unspecified atom stereocenters. The standard InChI is InChI=1S/C12H24F2P/c1-3-5-7-9-11(13)15-12(14)10-8-6-4-2/h11-12H,3-10H2,1-2H3. The quantitative estimate of drug-likeness (QED) is 0.338. The Hall–Kier alpha value is 0.290. The summed E-state index contributed by atoms with van der Waals surface area (Å²) in [6.45, 7) is 4.18. The third-order valence-electron chi connectivity index (χ3n) is 2.42. The highest BCUT2D eigenvalue weighted by atomic mass is 31.1. The van der Waals surface area contributed by atoms with E-state index < -0.39 is 11.8 Å². The second kappa shape index (κ2) is 10.8. The first kappa shape index (κ1) is 15.3. The maximum Gasteiger partial charge on any atom is 0.126 e. The normalized spacial score (nSPS) is 16.0. The van der Waals surface area contributed by atoms with Crippen LogP contribution in [0.25, 0.3) is 0 Å². The van der Waals surface area contributed by atoms with Gasteiger partial charge in [-0.15, -0.1) is 0 Å². The van der Waals surface area contributed by atoms with Crippen molar-refractivity contribution >= 4 is 8.58 Å². The van der Waals surface area contributed by atoms with Crippen LogP contribution in [0.1, 0.15) is 65.2 Å². The van der Waals surface area contributed by atoms with E-state index in [0.717, 1.165) is 38.5 Å². The zero-order valence-electron chi connectivity index (χ0n) is 10.0. The Balaban J connectivity index is 3.35. The molecule has 91 valence electrons. The molecule has 15 heavy (non-hydrogen) atoms. The molecule has 3 heteroatoms. The molecule has 2 atom stereocenters. The maximum atomic E-state index is 13.2. The number of unbranched alkanes of at least 4 members (excludes halogenated alkanes) is 4. The molecule has 0 aliphatic rings. The van der Waals surface area contributed by atoms with Crippen molar-refractivity contribution in [3.8, 4) is 0 Å². The molecule has 0 saturated heterocycles. The van der Waals surface area contributed by atoms with Gasteiger partial charge < -0.3 is 0 Å². The first-order valence-corrected chi connectivity index (χ1v) is 7.22. The molecule has 0 amide bonds. The molecule has 0 N–H and O–H groups in total. The summed E-state index contributed by atoms with van der Waals surface area (Å²) in [4.78, 5) is 0. The van der Waals surface area contributed by atoms with E-state index >= 15 is 0 Å². The van der Waals surface area contributed by atoms with Crippen LogP contribution in [-0.2, 0) is 0 Å². The summed E-state index contributed by atoms with van der Waals surface area (Å²) < 4.78 is 26.5. The Morgan fingerprint density at radius 2 is 1.20 bits per heavy atom. The molecule has 0 aromatic heterocycles. The summed E-state index contributed by atoms with van der Waals surface area (Å²) in [5.41, 5.74) is 0. The maximum absolute atomic E-state index is 13.2. The average Bonchev–Trinajstić information content (AvgIpc) is 2.18. The van der Waals surface area contributed by atoms with Crippen molar-refractivity contribution in [1.82, 2.24) is 0 Å². The van der Waals surface area contributed by atoms with Gasteiger partial charge in [0.15, 0.2) is 0 Å². The Bertz CT molecular complexity index is 117. The van der Waals surface area contributed by atoms with Crippen molar-refractivity contribution in [2.45, 2.75) is 77.0 Å². The summed E-state index contributed by atoms with van der Waals surface area (Å²) in [5, 5.41) is 0. The lowest BCUT2D eigenvalue weighted by Crippen LogP contribution is -2.00. The summed E-state index contributed by atoms with van der Waals surface area (Å²) >= 11 is 0. The van der Waals surface area contributed by atoms with E-state index in [9.17, 15) is 8.78 Å². The number of rotatable bonds is 10. The molecule has 0 spiro atoms. The highest BCUT2D eigenvalue weighted by molar-refractivity contribution is 7.39. The second-order valence-electron chi connectivity index (χ2n) is 4.01. The van der Waals surface area contributed by atoms with Crippen LogP contribution in [-0.4, -0.2) is 11.8 Å². The van der Waals surface area contributed by atoms with Crippen molar-refractivity contribution in [2.75, 3.05) is 0 Å². The van der Waals surface area contributed by atoms with Crippen LogP contribution in [0.3, 0.4) is 0 Å². The zero-order chi connectivity index (χ0) is 11.5. The predicted octanol–water partition coefficient (Wildman–Crippen LogP) is 5.68. The Labute approximate surface area is 95.0 Å². The van der Waals surface area contributed by atoms with E-state index in [1.807, 2.05) is 0 Å². The van der Waals surface area contributed by atoms with E-state index in [4.69, 9.17) is 0 Å². The molecule has 0 fully saturated rings. The molecular weight excluding hydrogens is 213 g/mol. The summed E-state index contributed by atoms with van der Waals surface area (Å²) in [6.07, 6.45) is 7.16. The molecule has 1 radical (unpaired) electrons. The van der Waals surface area contributed by atoms with Gasteiger partial charge in [0, 0.05) is 0 Å². The van der Waals surface area contributed by atoms with E-state index in [2.05, 4.69) is 13.8 Å². The van der Waals surface area contributed by atoms with Gasteiger partial charge in [-0.1, -0.05) is 52.4 Å². The van der Waals surface area contributed by atoms with Gasteiger partial charge in [0.25, 0.3) is 0 Å². The first-order valence-electron chi connectivity index (χ1n) is 6.18. The zero-order valence-corrected chi connectivity index (χ0v) is 10.9. The lowest BCUT2D eigenvalue weighted by atomic mass is 10.2. The molecule has 0 heterocycles. The van der Waals surface area contributed by atoms with Crippen molar-refractivity contribution in [3.63, 3.8) is 0 Å². The lowest BCUT2D eigenvalue weighted by Gasteiger charge is -2.10. The minimum atomic E-state index is -0.951. The monoisotopic (exact) mass is 237 g/mol. The van der Waals surface area contributed by atoms with Crippen molar-refractivity contribution in [1.29, 1.82) is 0 Å². The smallest absolute Gasteiger partial charge is 0.126 e. The number of alkyl halides is 2. The largest absolute Gasteiger partial charge is 0.242 e. The second-order valence-corrected chi connectivity index (χ2v) is 5.43. The van der Waals surface area contributed by atoms with Crippen LogP contribution < -0.4 is 0 Å². The van der Waals surface area contributed by atoms with Crippen LogP contribution in [0.4, 0.5) is 8.78 Å². The van der Waals surface area contributed by atoms with Crippen LogP contribution in [0.5, 0.6) is 0 Å². The fourth-order valence-corrected chi connectivity index (χ4v) is 2.46. The summed E-state index contributed by atoms with van der Waals surface area (Å²) in [6, 6.07) is 0. The lowest BCUT2D eigenvalue weighted by molar-refractivity contribution is 0.375. The van der Waals surface area contributed by atoms with E-state index in [1.165, 1.54) is 0 Å². The molecule has 0 aliphatic carbocycles. The van der Waals surface area contributed by atoms with Crippen LogP contribution in [0, 0.1) is 0 Å². The third-order valence-corrected chi connectivity index (χ3v) is 3.58. The number of hydrogen-bond donors (Lipinski definition) is 0. The molecule has 0 nitrogen and oxygen atoms in total. The number of halogens is 2. The SMILES string of the molecule is CCCCCC(F)[P]C(F)CCCCC. The average molecular weight is 237 g/mol. The van der Waals surface area contributed by atoms with Gasteiger partial charge in [0.2, 0.25) is 0 Å². The number of hydrogen-bond acceptors (Lipinski definition) is 0. The molecule has 0 rings (SSSR count). The van der Waals surface area contributed by atoms with Crippen molar-refractivity contribution in [3.05, 3.63) is 0 Å². The van der Waals surface area contributed by atoms with Crippen LogP contribution in [0.15, 0.2) is 0 Å². The van der Waals surface area contributed by atoms with E-state index in [0.29, 0.717) is 21.4 Å². The fourth-order valence-electron chi connectivity index (χ4n) is 1.45. The minimum Gasteiger partial charge on any atom is -0.242 e. The molecule has 0 bridgehead atoms. The van der Waals surface area contributed by atoms with Gasteiger partial charge in [0.1, 0.15) is 11.8 Å². The Morgan fingerprint density at radius 3 is 1.53 bits per heavy atom. The highest BCUT2D eigenvalue weighted by Gasteiger charge is 2.15. The fraction of sp³-hybridized carbons (Fsp3) is 1.00. The van der Waals surface area contributed by atoms with E-state index in [-0.39, 0.29) is 0 Å². The molecule has 0 aromatic rings.